The van der Waals surface area contributed by atoms with E-state index in [1.807, 2.05) is 0 Å². The van der Waals surface area contributed by atoms with Gasteiger partial charge < -0.3 is 20.1 Å². The molecule has 2 N–H and O–H groups in total. The first-order valence-corrected chi connectivity index (χ1v) is 8.32. The summed E-state index contributed by atoms with van der Waals surface area (Å²) >= 11 is 8.68. The van der Waals surface area contributed by atoms with Gasteiger partial charge in [0.2, 0.25) is 0 Å². The molecule has 0 aliphatic carbocycles. The van der Waals surface area contributed by atoms with E-state index in [1.54, 1.807) is 0 Å². The van der Waals surface area contributed by atoms with Gasteiger partial charge in [0.1, 0.15) is 5.70 Å². The third-order valence-corrected chi connectivity index (χ3v) is 4.41. The van der Waals surface area contributed by atoms with E-state index in [2.05, 4.69) is 26.0 Å². The Morgan fingerprint density at radius 3 is 2.65 bits per heavy atom. The molecule has 0 radical (unpaired) electrons. The quantitative estimate of drug-likeness (QED) is 0.665. The zero-order chi connectivity index (χ0) is 19.6. The maximum absolute atomic E-state index is 13.3. The van der Waals surface area contributed by atoms with E-state index < -0.39 is 29.3 Å². The molecular weight excluding hydrogens is 445 g/mol. The van der Waals surface area contributed by atoms with Crippen LogP contribution in [-0.2, 0) is 20.5 Å². The van der Waals surface area contributed by atoms with Crippen LogP contribution in [0.3, 0.4) is 0 Å². The van der Waals surface area contributed by atoms with Gasteiger partial charge in [0, 0.05) is 16.0 Å². The summed E-state index contributed by atoms with van der Waals surface area (Å²) in [6, 6.07) is 1.93. The maximum Gasteiger partial charge on any atom is 0.418 e. The van der Waals surface area contributed by atoms with Crippen molar-refractivity contribution < 1.29 is 32.6 Å². The first-order valence-electron chi connectivity index (χ1n) is 7.15. The number of alkyl halides is 3. The standard InChI is InChI=1S/C15H13BrClF3N2O4/c1-26-14(25)8-6-22(2-3-23)13(24)11(8)21-12-9(15(18,19)20)4-7(17)5-10(12)16/h4-5,21,23H,2-3,6H2,1H3. The van der Waals surface area contributed by atoms with Gasteiger partial charge in [0.05, 0.1) is 37.1 Å². The molecule has 0 aromatic heterocycles. The van der Waals surface area contributed by atoms with Gasteiger partial charge in [-0.3, -0.25) is 4.79 Å². The van der Waals surface area contributed by atoms with Crippen LogP contribution < -0.4 is 5.32 Å². The number of methoxy groups -OCH3 is 1. The summed E-state index contributed by atoms with van der Waals surface area (Å²) in [5, 5.41) is 11.2. The number of halogens is 5. The summed E-state index contributed by atoms with van der Waals surface area (Å²) in [5.41, 5.74) is -2.06. The molecule has 0 spiro atoms. The molecule has 26 heavy (non-hydrogen) atoms. The lowest BCUT2D eigenvalue weighted by molar-refractivity contribution is -0.137. The SMILES string of the molecule is COC(=O)C1=C(Nc2c(Br)cc(Cl)cc2C(F)(F)F)C(=O)N(CCO)C1. The van der Waals surface area contributed by atoms with Crippen LogP contribution in [0.25, 0.3) is 0 Å². The Bertz CT molecular complexity index is 783. The molecule has 0 saturated carbocycles. The number of ether oxygens (including phenoxy) is 1. The number of rotatable bonds is 5. The second kappa shape index (κ2) is 7.85. The van der Waals surface area contributed by atoms with Gasteiger partial charge in [-0.25, -0.2) is 4.79 Å². The van der Waals surface area contributed by atoms with Crippen LogP contribution >= 0.6 is 27.5 Å². The monoisotopic (exact) mass is 456 g/mol. The van der Waals surface area contributed by atoms with E-state index in [0.29, 0.717) is 6.07 Å². The molecule has 11 heteroatoms. The zero-order valence-corrected chi connectivity index (χ0v) is 15.6. The molecule has 0 unspecified atom stereocenters. The predicted molar refractivity (Wildman–Crippen MR) is 90.5 cm³/mol. The predicted octanol–water partition coefficient (Wildman–Crippen LogP) is 2.79. The van der Waals surface area contributed by atoms with E-state index in [-0.39, 0.29) is 40.5 Å². The number of hydrogen-bond donors (Lipinski definition) is 2. The van der Waals surface area contributed by atoms with Crippen molar-refractivity contribution in [3.05, 3.63) is 38.5 Å². The number of amides is 1. The number of aliphatic hydroxyl groups excluding tert-OH is 1. The number of nitrogens with one attached hydrogen (secondary N) is 1. The smallest absolute Gasteiger partial charge is 0.418 e. The lowest BCUT2D eigenvalue weighted by Crippen LogP contribution is -2.31. The topological polar surface area (TPSA) is 78.9 Å². The van der Waals surface area contributed by atoms with Gasteiger partial charge in [-0.15, -0.1) is 0 Å². The van der Waals surface area contributed by atoms with Crippen molar-refractivity contribution in [1.82, 2.24) is 4.90 Å². The third kappa shape index (κ3) is 4.13. The van der Waals surface area contributed by atoms with E-state index in [1.165, 1.54) is 6.07 Å². The number of carbonyl (C=O) groups excluding carboxylic acids is 2. The van der Waals surface area contributed by atoms with E-state index in [4.69, 9.17) is 16.7 Å². The fourth-order valence-corrected chi connectivity index (χ4v) is 3.31. The number of aliphatic hydroxyl groups is 1. The van der Waals surface area contributed by atoms with Crippen molar-refractivity contribution in [2.45, 2.75) is 6.18 Å². The Hall–Kier alpha value is -1.78. The second-order valence-corrected chi connectivity index (χ2v) is 6.52. The number of anilines is 1. The summed E-state index contributed by atoms with van der Waals surface area (Å²) < 4.78 is 44.6. The van der Waals surface area contributed by atoms with Crippen LogP contribution in [0.5, 0.6) is 0 Å². The molecule has 0 fully saturated rings. The number of nitrogens with zero attached hydrogens (tertiary/aromatic N) is 1. The summed E-state index contributed by atoms with van der Waals surface area (Å²) in [6.45, 7) is -0.648. The van der Waals surface area contributed by atoms with Gasteiger partial charge in [0.15, 0.2) is 0 Å². The molecule has 0 bridgehead atoms. The van der Waals surface area contributed by atoms with Crippen molar-refractivity contribution in [3.8, 4) is 0 Å². The first kappa shape index (κ1) is 20.5. The van der Waals surface area contributed by atoms with E-state index in [9.17, 15) is 22.8 Å². The van der Waals surface area contributed by atoms with Crippen molar-refractivity contribution in [2.75, 3.05) is 32.1 Å². The van der Waals surface area contributed by atoms with E-state index in [0.717, 1.165) is 12.0 Å². The number of benzene rings is 1. The zero-order valence-electron chi connectivity index (χ0n) is 13.3. The molecule has 2 rings (SSSR count). The van der Waals surface area contributed by atoms with Crippen LogP contribution in [0, 0.1) is 0 Å². The Morgan fingerprint density at radius 2 is 2.12 bits per heavy atom. The van der Waals surface area contributed by atoms with E-state index >= 15 is 0 Å². The third-order valence-electron chi connectivity index (χ3n) is 3.56. The average Bonchev–Trinajstić information content (AvgIpc) is 2.85. The fourth-order valence-electron chi connectivity index (χ4n) is 2.40. The lowest BCUT2D eigenvalue weighted by Gasteiger charge is -2.18. The number of β-amino-alcohol motifs (C(OH)–C–C–N with tert-alkyl or cyclic N) is 1. The molecular formula is C15H13BrClF3N2O4. The maximum atomic E-state index is 13.3. The molecule has 1 heterocycles. The average molecular weight is 458 g/mol. The molecule has 6 nitrogen and oxygen atoms in total. The van der Waals surface area contributed by atoms with Gasteiger partial charge in [-0.2, -0.15) is 13.2 Å². The first-order chi connectivity index (χ1) is 12.1. The summed E-state index contributed by atoms with van der Waals surface area (Å²) in [4.78, 5) is 25.5. The van der Waals surface area contributed by atoms with Crippen LogP contribution in [0.1, 0.15) is 5.56 Å². The molecule has 0 saturated heterocycles. The summed E-state index contributed by atoms with van der Waals surface area (Å²) in [5.74, 6) is -1.59. The molecule has 1 aromatic carbocycles. The van der Waals surface area contributed by atoms with Gasteiger partial charge in [-0.05, 0) is 28.1 Å². The Labute approximate surface area is 159 Å². The van der Waals surface area contributed by atoms with Crippen molar-refractivity contribution in [1.29, 1.82) is 0 Å². The Balaban J connectivity index is 2.54. The Morgan fingerprint density at radius 1 is 1.46 bits per heavy atom. The fraction of sp³-hybridized carbons (Fsp3) is 0.333. The summed E-state index contributed by atoms with van der Waals surface area (Å²) in [7, 11) is 1.09. The van der Waals surface area contributed by atoms with Crippen LogP contribution in [0.4, 0.5) is 18.9 Å². The highest BCUT2D eigenvalue weighted by atomic mass is 79.9. The lowest BCUT2D eigenvalue weighted by atomic mass is 10.1. The molecule has 1 aliphatic heterocycles. The van der Waals surface area contributed by atoms with Crippen LogP contribution in [-0.4, -0.2) is 48.7 Å². The highest BCUT2D eigenvalue weighted by Gasteiger charge is 2.39. The molecule has 142 valence electrons. The molecule has 0 atom stereocenters. The molecule has 1 aromatic rings. The molecule has 1 amide bonds. The van der Waals surface area contributed by atoms with Crippen molar-refractivity contribution >= 4 is 45.1 Å². The molecule has 1 aliphatic rings. The van der Waals surface area contributed by atoms with Crippen molar-refractivity contribution in [2.24, 2.45) is 0 Å². The van der Waals surface area contributed by atoms with Gasteiger partial charge in [0.25, 0.3) is 5.91 Å². The van der Waals surface area contributed by atoms with Gasteiger partial charge in [-0.1, -0.05) is 11.6 Å². The van der Waals surface area contributed by atoms with Gasteiger partial charge >= 0.3 is 12.1 Å². The van der Waals surface area contributed by atoms with Crippen molar-refractivity contribution in [3.63, 3.8) is 0 Å². The number of esters is 1. The minimum absolute atomic E-state index is 0.0394. The largest absolute Gasteiger partial charge is 0.466 e. The summed E-state index contributed by atoms with van der Waals surface area (Å²) in [6.07, 6.45) is -4.76. The second-order valence-electron chi connectivity index (χ2n) is 5.23. The highest BCUT2D eigenvalue weighted by Crippen LogP contribution is 2.42. The van der Waals surface area contributed by atoms with Crippen LogP contribution in [0.2, 0.25) is 5.02 Å². The number of carbonyl (C=O) groups is 2. The Kier molecular flexibility index (Phi) is 6.20. The normalized spacial score (nSPS) is 14.9. The minimum atomic E-state index is -4.76. The van der Waals surface area contributed by atoms with Crippen LogP contribution in [0.15, 0.2) is 27.9 Å². The highest BCUT2D eigenvalue weighted by molar-refractivity contribution is 9.10. The minimum Gasteiger partial charge on any atom is -0.466 e. The number of hydrogen-bond acceptors (Lipinski definition) is 5.